The van der Waals surface area contributed by atoms with Crippen LogP contribution in [0.2, 0.25) is 0 Å². The van der Waals surface area contributed by atoms with Crippen LogP contribution in [0.25, 0.3) is 11.3 Å². The number of alkyl halides is 3. The number of pyridine rings is 1. The molecule has 5 nitrogen and oxygen atoms in total. The summed E-state index contributed by atoms with van der Waals surface area (Å²) < 4.78 is 38.2. The molecule has 0 fully saturated rings. The van der Waals surface area contributed by atoms with Gasteiger partial charge in [0.25, 0.3) is 5.91 Å². The van der Waals surface area contributed by atoms with Crippen LogP contribution in [-0.4, -0.2) is 40.4 Å². The summed E-state index contributed by atoms with van der Waals surface area (Å²) in [5, 5.41) is 20.3. The fourth-order valence-corrected chi connectivity index (χ4v) is 1.95. The maximum Gasteiger partial charge on any atom is 0.433 e. The summed E-state index contributed by atoms with van der Waals surface area (Å²) in [6.07, 6.45) is -5.63. The maximum absolute atomic E-state index is 12.7. The van der Waals surface area contributed by atoms with E-state index in [-0.39, 0.29) is 17.8 Å². The molecule has 1 heterocycles. The second-order valence-electron chi connectivity index (χ2n) is 5.03. The molecule has 0 aliphatic heterocycles. The topological polar surface area (TPSA) is 82.5 Å². The number of carbonyl (C=O) groups is 1. The molecule has 24 heavy (non-hydrogen) atoms. The molecule has 1 aromatic carbocycles. The summed E-state index contributed by atoms with van der Waals surface area (Å²) in [6.45, 7) is -0.629. The van der Waals surface area contributed by atoms with E-state index in [0.717, 1.165) is 6.07 Å². The largest absolute Gasteiger partial charge is 0.433 e. The molecular formula is C16H15F3N2O3. The van der Waals surface area contributed by atoms with Crippen molar-refractivity contribution in [1.82, 2.24) is 10.3 Å². The zero-order chi connectivity index (χ0) is 17.7. The monoisotopic (exact) mass is 340 g/mol. The number of aliphatic hydroxyl groups excluding tert-OH is 2. The van der Waals surface area contributed by atoms with Gasteiger partial charge in [-0.25, -0.2) is 4.98 Å². The molecule has 128 valence electrons. The Balaban J connectivity index is 2.23. The van der Waals surface area contributed by atoms with E-state index >= 15 is 0 Å². The average molecular weight is 340 g/mol. The van der Waals surface area contributed by atoms with E-state index in [2.05, 4.69) is 10.3 Å². The van der Waals surface area contributed by atoms with Gasteiger partial charge < -0.3 is 15.5 Å². The predicted molar refractivity (Wildman–Crippen MR) is 80.1 cm³/mol. The molecule has 1 atom stereocenters. The van der Waals surface area contributed by atoms with Gasteiger partial charge in [0.05, 0.1) is 18.4 Å². The Morgan fingerprint density at radius 3 is 2.58 bits per heavy atom. The van der Waals surface area contributed by atoms with Crippen molar-refractivity contribution in [3.63, 3.8) is 0 Å². The second-order valence-corrected chi connectivity index (χ2v) is 5.03. The number of hydrogen-bond acceptors (Lipinski definition) is 4. The van der Waals surface area contributed by atoms with Crippen LogP contribution in [0, 0.1) is 0 Å². The molecule has 0 saturated heterocycles. The smallest absolute Gasteiger partial charge is 0.394 e. The number of rotatable bonds is 5. The summed E-state index contributed by atoms with van der Waals surface area (Å²) in [5.41, 5.74) is -0.357. The Hall–Kier alpha value is -2.45. The molecule has 0 spiro atoms. The lowest BCUT2D eigenvalue weighted by Crippen LogP contribution is -2.33. The molecule has 0 bridgehead atoms. The molecule has 0 aliphatic carbocycles. The Kier molecular flexibility index (Phi) is 5.53. The van der Waals surface area contributed by atoms with Gasteiger partial charge in [-0.05, 0) is 24.3 Å². The van der Waals surface area contributed by atoms with Crippen LogP contribution in [0.5, 0.6) is 0 Å². The number of carbonyl (C=O) groups excluding carboxylic acids is 1. The highest BCUT2D eigenvalue weighted by atomic mass is 19.4. The fourth-order valence-electron chi connectivity index (χ4n) is 1.95. The Bertz CT molecular complexity index is 720. The van der Waals surface area contributed by atoms with Crippen LogP contribution in [0.15, 0.2) is 42.5 Å². The highest BCUT2D eigenvalue weighted by Gasteiger charge is 2.32. The van der Waals surface area contributed by atoms with Crippen molar-refractivity contribution >= 4 is 5.91 Å². The van der Waals surface area contributed by atoms with E-state index in [1.54, 1.807) is 6.07 Å². The third-order valence-corrected chi connectivity index (χ3v) is 3.17. The number of halogens is 3. The first-order valence-corrected chi connectivity index (χ1v) is 7.03. The first kappa shape index (κ1) is 17.9. The summed E-state index contributed by atoms with van der Waals surface area (Å²) in [5.74, 6) is -0.517. The lowest BCUT2D eigenvalue weighted by Gasteiger charge is -2.10. The van der Waals surface area contributed by atoms with Crippen molar-refractivity contribution in [2.24, 2.45) is 0 Å². The Morgan fingerprint density at radius 2 is 1.92 bits per heavy atom. The fraction of sp³-hybridized carbons (Fsp3) is 0.250. The van der Waals surface area contributed by atoms with Gasteiger partial charge in [0.2, 0.25) is 0 Å². The lowest BCUT2D eigenvalue weighted by molar-refractivity contribution is -0.141. The van der Waals surface area contributed by atoms with Gasteiger partial charge in [0.15, 0.2) is 0 Å². The van der Waals surface area contributed by atoms with Crippen LogP contribution in [-0.2, 0) is 6.18 Å². The zero-order valence-electron chi connectivity index (χ0n) is 12.4. The van der Waals surface area contributed by atoms with E-state index < -0.39 is 30.5 Å². The summed E-state index contributed by atoms with van der Waals surface area (Å²) in [7, 11) is 0. The zero-order valence-corrected chi connectivity index (χ0v) is 12.4. The molecule has 1 amide bonds. The molecule has 0 saturated carbocycles. The first-order valence-electron chi connectivity index (χ1n) is 7.03. The molecule has 2 rings (SSSR count). The van der Waals surface area contributed by atoms with Gasteiger partial charge >= 0.3 is 6.18 Å². The molecule has 3 N–H and O–H groups in total. The molecule has 1 unspecified atom stereocenters. The standard InChI is InChI=1S/C16H15F3N2O3/c17-16(18,19)14-6-2-5-13(21-14)10-3-1-4-11(7-10)15(24)20-8-12(23)9-22/h1-7,12,22-23H,8-9H2,(H,20,24). The summed E-state index contributed by atoms with van der Waals surface area (Å²) in [6, 6.07) is 9.49. The Labute approximate surface area is 135 Å². The third-order valence-electron chi connectivity index (χ3n) is 3.17. The minimum atomic E-state index is -4.55. The van der Waals surface area contributed by atoms with E-state index in [1.165, 1.54) is 30.3 Å². The van der Waals surface area contributed by atoms with Gasteiger partial charge in [0, 0.05) is 17.7 Å². The van der Waals surface area contributed by atoms with E-state index in [0.29, 0.717) is 5.56 Å². The summed E-state index contributed by atoms with van der Waals surface area (Å²) >= 11 is 0. The Morgan fingerprint density at radius 1 is 1.21 bits per heavy atom. The van der Waals surface area contributed by atoms with Gasteiger partial charge in [-0.3, -0.25) is 4.79 Å². The van der Waals surface area contributed by atoms with Gasteiger partial charge in [-0.1, -0.05) is 18.2 Å². The first-order chi connectivity index (χ1) is 11.3. The normalized spacial score (nSPS) is 12.7. The van der Waals surface area contributed by atoms with Crippen molar-refractivity contribution < 1.29 is 28.2 Å². The van der Waals surface area contributed by atoms with Gasteiger partial charge in [-0.2, -0.15) is 13.2 Å². The minimum absolute atomic E-state index is 0.0925. The van der Waals surface area contributed by atoms with Crippen molar-refractivity contribution in [2.45, 2.75) is 12.3 Å². The van der Waals surface area contributed by atoms with Crippen molar-refractivity contribution in [1.29, 1.82) is 0 Å². The number of nitrogens with one attached hydrogen (secondary N) is 1. The molecule has 8 heteroatoms. The average Bonchev–Trinajstić information content (AvgIpc) is 2.58. The minimum Gasteiger partial charge on any atom is -0.394 e. The highest BCUT2D eigenvalue weighted by Crippen LogP contribution is 2.29. The number of hydrogen-bond donors (Lipinski definition) is 3. The van der Waals surface area contributed by atoms with Crippen molar-refractivity contribution in [3.8, 4) is 11.3 Å². The third kappa shape index (κ3) is 4.53. The SMILES string of the molecule is O=C(NCC(O)CO)c1cccc(-c2cccc(C(F)(F)F)n2)c1. The van der Waals surface area contributed by atoms with Gasteiger partial charge in [-0.15, -0.1) is 0 Å². The number of nitrogens with zero attached hydrogens (tertiary/aromatic N) is 1. The van der Waals surface area contributed by atoms with Crippen molar-refractivity contribution in [2.75, 3.05) is 13.2 Å². The maximum atomic E-state index is 12.7. The van der Waals surface area contributed by atoms with E-state index in [1.807, 2.05) is 0 Å². The summed E-state index contributed by atoms with van der Waals surface area (Å²) in [4.78, 5) is 15.5. The number of amides is 1. The van der Waals surface area contributed by atoms with E-state index in [9.17, 15) is 23.1 Å². The molecular weight excluding hydrogens is 325 g/mol. The number of aliphatic hydroxyl groups is 2. The van der Waals surface area contributed by atoms with Crippen LogP contribution < -0.4 is 5.32 Å². The quantitative estimate of drug-likeness (QED) is 0.776. The lowest BCUT2D eigenvalue weighted by atomic mass is 10.1. The van der Waals surface area contributed by atoms with Crippen LogP contribution in [0.1, 0.15) is 16.1 Å². The molecule has 1 aromatic heterocycles. The number of aromatic nitrogens is 1. The highest BCUT2D eigenvalue weighted by molar-refractivity contribution is 5.95. The van der Waals surface area contributed by atoms with Crippen LogP contribution in [0.4, 0.5) is 13.2 Å². The van der Waals surface area contributed by atoms with Gasteiger partial charge in [0.1, 0.15) is 5.69 Å². The predicted octanol–water partition coefficient (Wildman–Crippen LogP) is 1.85. The van der Waals surface area contributed by atoms with Crippen LogP contribution >= 0.6 is 0 Å². The second kappa shape index (κ2) is 7.41. The molecule has 0 aliphatic rings. The van der Waals surface area contributed by atoms with Crippen molar-refractivity contribution in [3.05, 3.63) is 53.7 Å². The number of benzene rings is 1. The van der Waals surface area contributed by atoms with Crippen LogP contribution in [0.3, 0.4) is 0 Å². The molecule has 2 aromatic rings. The molecule has 0 radical (unpaired) electrons. The van der Waals surface area contributed by atoms with E-state index in [4.69, 9.17) is 5.11 Å².